The van der Waals surface area contributed by atoms with Crippen molar-refractivity contribution in [3.8, 4) is 0 Å². The van der Waals surface area contributed by atoms with E-state index in [0.717, 1.165) is 38.0 Å². The molecule has 1 rings (SSSR count). The van der Waals surface area contributed by atoms with Gasteiger partial charge in [0.15, 0.2) is 0 Å². The molecule has 7 nitrogen and oxygen atoms in total. The van der Waals surface area contributed by atoms with Crippen LogP contribution >= 0.6 is 0 Å². The normalized spacial score (nSPS) is 13.5. The van der Waals surface area contributed by atoms with Crippen LogP contribution in [-0.4, -0.2) is 75.2 Å². The number of hydrogen-bond donors (Lipinski definition) is 0. The smallest absolute Gasteiger partial charge is 0.374 e. The van der Waals surface area contributed by atoms with Gasteiger partial charge in [0.1, 0.15) is 0 Å². The lowest BCUT2D eigenvalue weighted by atomic mass is 10.1. The van der Waals surface area contributed by atoms with Crippen LogP contribution in [0.1, 0.15) is 72.9 Å². The standard InChI is InChI=1S/C26H51NO6Si2/c1-8-28-34(29-9-2,30-10-3)23-17-21-27(25(7)26-19-15-14-16-20-26)22-18-24-35(31-11-4,32-12-5)33-13-6/h14-16,19-20,25H,8-13,17-18,21-24H2,1-7H3. The highest BCUT2D eigenvalue weighted by Crippen LogP contribution is 2.25. The lowest BCUT2D eigenvalue weighted by molar-refractivity contribution is 0.0682. The van der Waals surface area contributed by atoms with Gasteiger partial charge in [-0.2, -0.15) is 0 Å². The second kappa shape index (κ2) is 18.6. The van der Waals surface area contributed by atoms with Crippen LogP contribution in [0.25, 0.3) is 0 Å². The molecule has 0 bridgehead atoms. The molecule has 0 spiro atoms. The van der Waals surface area contributed by atoms with Gasteiger partial charge < -0.3 is 26.6 Å². The number of benzene rings is 1. The predicted octanol–water partition coefficient (Wildman–Crippen LogP) is 5.93. The summed E-state index contributed by atoms with van der Waals surface area (Å²) in [6.07, 6.45) is 1.91. The molecule has 35 heavy (non-hydrogen) atoms. The average Bonchev–Trinajstić information content (AvgIpc) is 2.84. The van der Waals surface area contributed by atoms with Crippen molar-refractivity contribution >= 4 is 17.6 Å². The third-order valence-corrected chi connectivity index (χ3v) is 12.2. The summed E-state index contributed by atoms with van der Waals surface area (Å²) >= 11 is 0. The highest BCUT2D eigenvalue weighted by molar-refractivity contribution is 6.61. The van der Waals surface area contributed by atoms with E-state index < -0.39 is 17.6 Å². The monoisotopic (exact) mass is 529 g/mol. The van der Waals surface area contributed by atoms with E-state index in [2.05, 4.69) is 42.2 Å². The van der Waals surface area contributed by atoms with Crippen LogP contribution in [0.4, 0.5) is 0 Å². The molecule has 0 saturated carbocycles. The molecule has 0 aliphatic heterocycles. The quantitative estimate of drug-likeness (QED) is 0.173. The Bertz CT molecular complexity index is 573. The molecule has 0 heterocycles. The highest BCUT2D eigenvalue weighted by atomic mass is 28.4. The van der Waals surface area contributed by atoms with Crippen molar-refractivity contribution in [3.63, 3.8) is 0 Å². The van der Waals surface area contributed by atoms with E-state index >= 15 is 0 Å². The first-order valence-electron chi connectivity index (χ1n) is 13.6. The van der Waals surface area contributed by atoms with Gasteiger partial charge in [-0.05, 0) is 80.0 Å². The van der Waals surface area contributed by atoms with Gasteiger partial charge in [0.2, 0.25) is 0 Å². The van der Waals surface area contributed by atoms with Gasteiger partial charge in [-0.1, -0.05) is 30.3 Å². The molecule has 0 aromatic heterocycles. The van der Waals surface area contributed by atoms with Gasteiger partial charge in [-0.25, -0.2) is 0 Å². The van der Waals surface area contributed by atoms with Gasteiger partial charge in [-0.3, -0.25) is 4.90 Å². The molecule has 0 fully saturated rings. The Hall–Kier alpha value is -0.626. The topological polar surface area (TPSA) is 58.6 Å². The first-order valence-corrected chi connectivity index (χ1v) is 17.4. The summed E-state index contributed by atoms with van der Waals surface area (Å²) in [6.45, 7) is 19.8. The zero-order valence-electron chi connectivity index (χ0n) is 23.3. The van der Waals surface area contributed by atoms with E-state index in [4.69, 9.17) is 26.6 Å². The molecule has 1 atom stereocenters. The molecule has 204 valence electrons. The maximum atomic E-state index is 6.08. The SMILES string of the molecule is CCO[Si](CCCN(CCC[Si](OCC)(OCC)OCC)C(C)c1ccccc1)(OCC)OCC. The Labute approximate surface area is 217 Å². The van der Waals surface area contributed by atoms with Crippen LogP contribution in [0, 0.1) is 0 Å². The molecular formula is C26H51NO6Si2. The van der Waals surface area contributed by atoms with E-state index in [1.807, 2.05) is 41.5 Å². The first-order chi connectivity index (χ1) is 16.9. The largest absolute Gasteiger partial charge is 0.500 e. The maximum Gasteiger partial charge on any atom is 0.500 e. The Morgan fingerprint density at radius 1 is 0.600 bits per heavy atom. The number of hydrogen-bond acceptors (Lipinski definition) is 7. The molecule has 0 aliphatic rings. The van der Waals surface area contributed by atoms with Crippen molar-refractivity contribution in [3.05, 3.63) is 35.9 Å². The van der Waals surface area contributed by atoms with Gasteiger partial charge in [0, 0.05) is 57.8 Å². The van der Waals surface area contributed by atoms with Crippen LogP contribution in [0.5, 0.6) is 0 Å². The van der Waals surface area contributed by atoms with E-state index in [1.54, 1.807) is 0 Å². The van der Waals surface area contributed by atoms with Crippen molar-refractivity contribution < 1.29 is 26.6 Å². The Morgan fingerprint density at radius 2 is 0.943 bits per heavy atom. The summed E-state index contributed by atoms with van der Waals surface area (Å²) < 4.78 is 36.5. The van der Waals surface area contributed by atoms with Crippen molar-refractivity contribution in [1.29, 1.82) is 0 Å². The summed E-state index contributed by atoms with van der Waals surface area (Å²) in [4.78, 5) is 2.54. The van der Waals surface area contributed by atoms with Gasteiger partial charge in [0.05, 0.1) is 0 Å². The molecule has 9 heteroatoms. The second-order valence-electron chi connectivity index (χ2n) is 8.29. The number of rotatable bonds is 22. The molecule has 1 aromatic carbocycles. The summed E-state index contributed by atoms with van der Waals surface area (Å²) in [5.41, 5.74) is 1.32. The molecular weight excluding hydrogens is 478 g/mol. The van der Waals surface area contributed by atoms with Gasteiger partial charge >= 0.3 is 17.6 Å². The number of nitrogens with zero attached hydrogens (tertiary/aromatic N) is 1. The van der Waals surface area contributed by atoms with E-state index in [0.29, 0.717) is 45.7 Å². The lowest BCUT2D eigenvalue weighted by Gasteiger charge is -2.33. The zero-order valence-corrected chi connectivity index (χ0v) is 25.3. The van der Waals surface area contributed by atoms with Gasteiger partial charge in [0.25, 0.3) is 0 Å². The van der Waals surface area contributed by atoms with Crippen LogP contribution in [-0.2, 0) is 26.6 Å². The first kappa shape index (κ1) is 32.4. The second-order valence-corrected chi connectivity index (χ2v) is 13.8. The maximum absolute atomic E-state index is 6.08. The summed E-state index contributed by atoms with van der Waals surface area (Å²) in [7, 11) is -5.30. The third kappa shape index (κ3) is 11.5. The Balaban J connectivity index is 2.93. The van der Waals surface area contributed by atoms with Crippen molar-refractivity contribution in [2.45, 2.75) is 79.4 Å². The van der Waals surface area contributed by atoms with Crippen molar-refractivity contribution in [2.75, 3.05) is 52.7 Å². The van der Waals surface area contributed by atoms with Crippen molar-refractivity contribution in [1.82, 2.24) is 4.90 Å². The molecule has 0 N–H and O–H groups in total. The molecule has 1 unspecified atom stereocenters. The third-order valence-electron chi connectivity index (χ3n) is 5.87. The summed E-state index contributed by atoms with van der Waals surface area (Å²) in [6, 6.07) is 12.6. The van der Waals surface area contributed by atoms with Crippen LogP contribution in [0.3, 0.4) is 0 Å². The molecule has 0 saturated heterocycles. The fraction of sp³-hybridized carbons (Fsp3) is 0.769. The minimum absolute atomic E-state index is 0.292. The van der Waals surface area contributed by atoms with Crippen LogP contribution in [0.15, 0.2) is 30.3 Å². The fourth-order valence-corrected chi connectivity index (χ4v) is 9.63. The van der Waals surface area contributed by atoms with E-state index in [1.165, 1.54) is 5.56 Å². The lowest BCUT2D eigenvalue weighted by Crippen LogP contribution is -2.47. The zero-order chi connectivity index (χ0) is 26.0. The minimum Gasteiger partial charge on any atom is -0.374 e. The Kier molecular flexibility index (Phi) is 17.2. The van der Waals surface area contributed by atoms with Crippen molar-refractivity contribution in [2.24, 2.45) is 0 Å². The van der Waals surface area contributed by atoms with E-state index in [9.17, 15) is 0 Å². The fourth-order valence-electron chi connectivity index (χ4n) is 4.44. The molecule has 0 radical (unpaired) electrons. The van der Waals surface area contributed by atoms with E-state index in [-0.39, 0.29) is 0 Å². The molecule has 1 aromatic rings. The van der Waals surface area contributed by atoms with Crippen LogP contribution < -0.4 is 0 Å². The highest BCUT2D eigenvalue weighted by Gasteiger charge is 2.41. The molecule has 0 aliphatic carbocycles. The summed E-state index contributed by atoms with van der Waals surface area (Å²) in [5.74, 6) is 0. The molecule has 0 amide bonds. The minimum atomic E-state index is -2.65. The van der Waals surface area contributed by atoms with Gasteiger partial charge in [-0.15, -0.1) is 0 Å². The Morgan fingerprint density at radius 3 is 1.26 bits per heavy atom. The average molecular weight is 530 g/mol. The van der Waals surface area contributed by atoms with Crippen LogP contribution in [0.2, 0.25) is 12.1 Å². The predicted molar refractivity (Wildman–Crippen MR) is 147 cm³/mol. The summed E-state index contributed by atoms with van der Waals surface area (Å²) in [5, 5.41) is 0.